The SMILES string of the molecule is C=C(C[C@@H](C)C(=O)O)C(=O)O. The molecule has 0 saturated heterocycles. The summed E-state index contributed by atoms with van der Waals surface area (Å²) in [6.07, 6.45) is -0.00926. The normalized spacial score (nSPS) is 12.1. The van der Waals surface area contributed by atoms with Gasteiger partial charge in [0.15, 0.2) is 0 Å². The van der Waals surface area contributed by atoms with Gasteiger partial charge in [-0.2, -0.15) is 0 Å². The molecule has 0 unspecified atom stereocenters. The quantitative estimate of drug-likeness (QED) is 0.591. The zero-order chi connectivity index (χ0) is 9.02. The third-order valence-corrected chi connectivity index (χ3v) is 1.28. The van der Waals surface area contributed by atoms with Gasteiger partial charge < -0.3 is 10.2 Å². The highest BCUT2D eigenvalue weighted by Crippen LogP contribution is 2.09. The minimum atomic E-state index is -1.14. The Hall–Kier alpha value is -1.32. The number of hydrogen-bond donors (Lipinski definition) is 2. The molecule has 62 valence electrons. The Balaban J connectivity index is 3.95. The molecular weight excluding hydrogens is 148 g/mol. The Bertz CT molecular complexity index is 195. The summed E-state index contributed by atoms with van der Waals surface area (Å²) in [5.41, 5.74) is -0.0695. The van der Waals surface area contributed by atoms with Gasteiger partial charge in [0.05, 0.1) is 5.92 Å². The van der Waals surface area contributed by atoms with Crippen LogP contribution in [0.2, 0.25) is 0 Å². The maximum Gasteiger partial charge on any atom is 0.330 e. The summed E-state index contributed by atoms with van der Waals surface area (Å²) in [6.45, 7) is 4.65. The average molecular weight is 158 g/mol. The summed E-state index contributed by atoms with van der Waals surface area (Å²) in [5, 5.41) is 16.7. The molecule has 0 radical (unpaired) electrons. The van der Waals surface area contributed by atoms with Crippen molar-refractivity contribution >= 4 is 11.9 Å². The first kappa shape index (κ1) is 9.68. The van der Waals surface area contributed by atoms with Gasteiger partial charge in [0.25, 0.3) is 0 Å². The van der Waals surface area contributed by atoms with Gasteiger partial charge in [0.2, 0.25) is 0 Å². The minimum Gasteiger partial charge on any atom is -0.481 e. The highest BCUT2D eigenvalue weighted by molar-refractivity contribution is 5.86. The molecule has 0 aromatic carbocycles. The van der Waals surface area contributed by atoms with Crippen LogP contribution in [0.1, 0.15) is 13.3 Å². The lowest BCUT2D eigenvalue weighted by molar-refractivity contribution is -0.141. The Labute approximate surface area is 64.2 Å². The molecule has 0 bridgehead atoms. The molecule has 0 aromatic heterocycles. The molecule has 4 nitrogen and oxygen atoms in total. The van der Waals surface area contributed by atoms with Crippen molar-refractivity contribution in [3.8, 4) is 0 Å². The lowest BCUT2D eigenvalue weighted by atomic mass is 10.0. The molecule has 0 aliphatic carbocycles. The van der Waals surface area contributed by atoms with E-state index < -0.39 is 17.9 Å². The Morgan fingerprint density at radius 3 is 2.18 bits per heavy atom. The predicted octanol–water partition coefficient (Wildman–Crippen LogP) is 0.738. The molecule has 0 amide bonds. The molecule has 0 fully saturated rings. The second kappa shape index (κ2) is 3.75. The van der Waals surface area contributed by atoms with Crippen molar-refractivity contribution in [1.29, 1.82) is 0 Å². The van der Waals surface area contributed by atoms with E-state index in [-0.39, 0.29) is 12.0 Å². The third-order valence-electron chi connectivity index (χ3n) is 1.28. The first-order valence-corrected chi connectivity index (χ1v) is 3.09. The second-order valence-electron chi connectivity index (χ2n) is 2.35. The van der Waals surface area contributed by atoms with Gasteiger partial charge in [-0.25, -0.2) is 4.79 Å². The van der Waals surface area contributed by atoms with Crippen LogP contribution in [0.25, 0.3) is 0 Å². The molecule has 11 heavy (non-hydrogen) atoms. The van der Waals surface area contributed by atoms with E-state index in [1.165, 1.54) is 6.92 Å². The van der Waals surface area contributed by atoms with Crippen molar-refractivity contribution in [1.82, 2.24) is 0 Å². The average Bonchev–Trinajstić information content (AvgIpc) is 1.87. The predicted molar refractivity (Wildman–Crippen MR) is 38.2 cm³/mol. The minimum absolute atomic E-state index is 0.00926. The molecule has 4 heteroatoms. The van der Waals surface area contributed by atoms with Crippen LogP contribution in [0.4, 0.5) is 0 Å². The van der Waals surface area contributed by atoms with Crippen LogP contribution in [-0.2, 0) is 9.59 Å². The van der Waals surface area contributed by atoms with Crippen molar-refractivity contribution in [2.24, 2.45) is 5.92 Å². The molecule has 0 rings (SSSR count). The van der Waals surface area contributed by atoms with E-state index in [1.54, 1.807) is 0 Å². The van der Waals surface area contributed by atoms with Gasteiger partial charge >= 0.3 is 11.9 Å². The fraction of sp³-hybridized carbons (Fsp3) is 0.429. The maximum absolute atomic E-state index is 10.2. The summed E-state index contributed by atoms with van der Waals surface area (Å²) in [6, 6.07) is 0. The molecule has 0 aliphatic rings. The summed E-state index contributed by atoms with van der Waals surface area (Å²) in [4.78, 5) is 20.4. The number of rotatable bonds is 4. The zero-order valence-corrected chi connectivity index (χ0v) is 6.20. The lowest BCUT2D eigenvalue weighted by Gasteiger charge is -2.03. The molecule has 0 spiro atoms. The van der Waals surface area contributed by atoms with Crippen LogP contribution in [-0.4, -0.2) is 22.2 Å². The fourth-order valence-electron chi connectivity index (χ4n) is 0.544. The number of carboxylic acids is 2. The van der Waals surface area contributed by atoms with E-state index in [4.69, 9.17) is 10.2 Å². The number of carboxylic acid groups (broad SMARTS) is 2. The molecule has 0 aliphatic heterocycles. The molecule has 0 heterocycles. The number of aliphatic carboxylic acids is 2. The third kappa shape index (κ3) is 3.40. The van der Waals surface area contributed by atoms with Gasteiger partial charge in [-0.1, -0.05) is 13.5 Å². The molecule has 0 saturated carbocycles. The van der Waals surface area contributed by atoms with E-state index in [0.29, 0.717) is 0 Å². The Kier molecular flexibility index (Phi) is 3.30. The summed E-state index contributed by atoms with van der Waals surface area (Å²) < 4.78 is 0. The van der Waals surface area contributed by atoms with E-state index in [0.717, 1.165) is 0 Å². The van der Waals surface area contributed by atoms with Crippen LogP contribution in [0.3, 0.4) is 0 Å². The van der Waals surface area contributed by atoms with Crippen molar-refractivity contribution in [2.75, 3.05) is 0 Å². The van der Waals surface area contributed by atoms with Gasteiger partial charge in [-0.05, 0) is 6.42 Å². The maximum atomic E-state index is 10.2. The van der Waals surface area contributed by atoms with Crippen molar-refractivity contribution < 1.29 is 19.8 Å². The van der Waals surface area contributed by atoms with Gasteiger partial charge in [0.1, 0.15) is 0 Å². The van der Waals surface area contributed by atoms with Gasteiger partial charge in [-0.3, -0.25) is 4.79 Å². The summed E-state index contributed by atoms with van der Waals surface area (Å²) >= 11 is 0. The Morgan fingerprint density at radius 2 is 1.91 bits per heavy atom. The van der Waals surface area contributed by atoms with Crippen molar-refractivity contribution in [3.05, 3.63) is 12.2 Å². The fourth-order valence-corrected chi connectivity index (χ4v) is 0.544. The first-order valence-electron chi connectivity index (χ1n) is 3.09. The largest absolute Gasteiger partial charge is 0.481 e. The highest BCUT2D eigenvalue weighted by atomic mass is 16.4. The van der Waals surface area contributed by atoms with Gasteiger partial charge in [-0.15, -0.1) is 0 Å². The van der Waals surface area contributed by atoms with Crippen LogP contribution in [0.5, 0.6) is 0 Å². The van der Waals surface area contributed by atoms with Crippen LogP contribution in [0.15, 0.2) is 12.2 Å². The van der Waals surface area contributed by atoms with E-state index in [9.17, 15) is 9.59 Å². The molecule has 1 atom stereocenters. The smallest absolute Gasteiger partial charge is 0.330 e. The standard InChI is InChI=1S/C7H10O4/c1-4(6(8)9)3-5(2)7(10)11/h5H,1,3H2,2H3,(H,8,9)(H,10,11)/t5-/m1/s1. The van der Waals surface area contributed by atoms with Crippen LogP contribution < -0.4 is 0 Å². The van der Waals surface area contributed by atoms with Crippen molar-refractivity contribution in [2.45, 2.75) is 13.3 Å². The molecule has 0 aromatic rings. The van der Waals surface area contributed by atoms with E-state index >= 15 is 0 Å². The van der Waals surface area contributed by atoms with Crippen LogP contribution >= 0.6 is 0 Å². The van der Waals surface area contributed by atoms with E-state index in [2.05, 4.69) is 6.58 Å². The Morgan fingerprint density at radius 1 is 1.45 bits per heavy atom. The topological polar surface area (TPSA) is 74.6 Å². The van der Waals surface area contributed by atoms with Crippen molar-refractivity contribution in [3.63, 3.8) is 0 Å². The number of carbonyl (C=O) groups is 2. The summed E-state index contributed by atoms with van der Waals surface area (Å²) in [5.74, 6) is -2.83. The first-order chi connectivity index (χ1) is 4.95. The highest BCUT2D eigenvalue weighted by Gasteiger charge is 2.15. The monoisotopic (exact) mass is 158 g/mol. The van der Waals surface area contributed by atoms with Crippen LogP contribution in [0, 0.1) is 5.92 Å². The van der Waals surface area contributed by atoms with Gasteiger partial charge in [0, 0.05) is 5.57 Å². The molecular formula is C7H10O4. The second-order valence-corrected chi connectivity index (χ2v) is 2.35. The molecule has 2 N–H and O–H groups in total. The number of hydrogen-bond acceptors (Lipinski definition) is 2. The van der Waals surface area contributed by atoms with E-state index in [1.807, 2.05) is 0 Å². The summed E-state index contributed by atoms with van der Waals surface area (Å²) in [7, 11) is 0. The zero-order valence-electron chi connectivity index (χ0n) is 6.20. The lowest BCUT2D eigenvalue weighted by Crippen LogP contribution is -2.12.